The third kappa shape index (κ3) is 3.61. The van der Waals surface area contributed by atoms with E-state index >= 15 is 0 Å². The number of aliphatic carboxylic acids is 1. The molecule has 1 amide bonds. The van der Waals surface area contributed by atoms with Crippen LogP contribution in [0.3, 0.4) is 0 Å². The summed E-state index contributed by atoms with van der Waals surface area (Å²) in [5.41, 5.74) is 2.99. The van der Waals surface area contributed by atoms with Crippen molar-refractivity contribution in [2.45, 2.75) is 40.0 Å². The maximum absolute atomic E-state index is 12.7. The number of piperidine rings is 1. The summed E-state index contributed by atoms with van der Waals surface area (Å²) in [6.45, 7) is 6.61. The molecule has 0 spiro atoms. The molecule has 2 atom stereocenters. The molecule has 0 saturated carbocycles. The van der Waals surface area contributed by atoms with Gasteiger partial charge in [0.15, 0.2) is 5.65 Å². The Morgan fingerprint density at radius 1 is 1.30 bits per heavy atom. The van der Waals surface area contributed by atoms with Crippen molar-refractivity contribution in [1.29, 1.82) is 0 Å². The van der Waals surface area contributed by atoms with Gasteiger partial charge in [0.2, 0.25) is 5.91 Å². The SMILES string of the molecule is Cc1nc2c(c(C)c1CCC(=O)N1CC(C)CC(C(=O)O)C1)c(=O)[nH]n2C. The molecule has 1 fully saturated rings. The van der Waals surface area contributed by atoms with Gasteiger partial charge < -0.3 is 10.0 Å². The van der Waals surface area contributed by atoms with Gasteiger partial charge in [-0.25, -0.2) is 4.98 Å². The van der Waals surface area contributed by atoms with Gasteiger partial charge >= 0.3 is 5.97 Å². The number of aromatic amines is 1. The second-order valence-corrected chi connectivity index (χ2v) is 7.67. The van der Waals surface area contributed by atoms with Crippen molar-refractivity contribution >= 4 is 22.9 Å². The van der Waals surface area contributed by atoms with E-state index < -0.39 is 11.9 Å². The van der Waals surface area contributed by atoms with Crippen molar-refractivity contribution in [2.75, 3.05) is 13.1 Å². The van der Waals surface area contributed by atoms with Crippen molar-refractivity contribution in [2.24, 2.45) is 18.9 Å². The third-order valence-corrected chi connectivity index (χ3v) is 5.53. The minimum absolute atomic E-state index is 0.0475. The number of pyridine rings is 1. The van der Waals surface area contributed by atoms with Crippen molar-refractivity contribution in [1.82, 2.24) is 19.7 Å². The summed E-state index contributed by atoms with van der Waals surface area (Å²) >= 11 is 0. The first-order chi connectivity index (χ1) is 12.7. The second kappa shape index (κ2) is 7.17. The molecule has 146 valence electrons. The van der Waals surface area contributed by atoms with E-state index in [2.05, 4.69) is 10.1 Å². The van der Waals surface area contributed by atoms with Crippen LogP contribution in [0.5, 0.6) is 0 Å². The molecule has 8 heteroatoms. The standard InChI is InChI=1S/C19H26N4O4/c1-10-7-13(19(26)27)9-23(8-10)15(24)6-5-14-11(2)16-17(20-12(14)3)22(4)21-18(16)25/h10,13H,5-9H2,1-4H3,(H,21,25)(H,26,27). The van der Waals surface area contributed by atoms with Gasteiger partial charge in [-0.15, -0.1) is 0 Å². The number of likely N-dealkylation sites (tertiary alicyclic amines) is 1. The van der Waals surface area contributed by atoms with Crippen molar-refractivity contribution in [3.8, 4) is 0 Å². The van der Waals surface area contributed by atoms with Crippen LogP contribution in [-0.4, -0.2) is 49.7 Å². The number of aromatic nitrogens is 3. The highest BCUT2D eigenvalue weighted by molar-refractivity contribution is 5.81. The van der Waals surface area contributed by atoms with Crippen LogP contribution >= 0.6 is 0 Å². The van der Waals surface area contributed by atoms with E-state index in [0.717, 1.165) is 16.8 Å². The summed E-state index contributed by atoms with van der Waals surface area (Å²) in [6.07, 6.45) is 1.36. The predicted octanol–water partition coefficient (Wildman–Crippen LogP) is 1.38. The molecule has 0 radical (unpaired) electrons. The van der Waals surface area contributed by atoms with Crippen LogP contribution in [0.4, 0.5) is 0 Å². The Labute approximate surface area is 157 Å². The van der Waals surface area contributed by atoms with Crippen molar-refractivity contribution < 1.29 is 14.7 Å². The average molecular weight is 374 g/mol. The monoisotopic (exact) mass is 374 g/mol. The highest BCUT2D eigenvalue weighted by atomic mass is 16.4. The van der Waals surface area contributed by atoms with Gasteiger partial charge in [0.25, 0.3) is 5.56 Å². The fourth-order valence-corrected chi connectivity index (χ4v) is 4.14. The summed E-state index contributed by atoms with van der Waals surface area (Å²) in [4.78, 5) is 42.3. The second-order valence-electron chi connectivity index (χ2n) is 7.67. The summed E-state index contributed by atoms with van der Waals surface area (Å²) in [7, 11) is 1.75. The lowest BCUT2D eigenvalue weighted by molar-refractivity contribution is -0.146. The van der Waals surface area contributed by atoms with Gasteiger partial charge in [0.05, 0.1) is 11.3 Å². The largest absolute Gasteiger partial charge is 0.481 e. The predicted molar refractivity (Wildman–Crippen MR) is 101 cm³/mol. The normalized spacial score (nSPS) is 20.2. The fraction of sp³-hybridized carbons (Fsp3) is 0.579. The number of carbonyl (C=O) groups excluding carboxylic acids is 1. The van der Waals surface area contributed by atoms with E-state index in [1.165, 1.54) is 0 Å². The Bertz CT molecular complexity index is 959. The van der Waals surface area contributed by atoms with Gasteiger partial charge in [0.1, 0.15) is 0 Å². The van der Waals surface area contributed by atoms with Crippen LogP contribution in [0, 0.1) is 25.7 Å². The molecule has 8 nitrogen and oxygen atoms in total. The maximum atomic E-state index is 12.7. The maximum Gasteiger partial charge on any atom is 0.308 e. The number of carbonyl (C=O) groups is 2. The number of carboxylic acid groups (broad SMARTS) is 1. The van der Waals surface area contributed by atoms with Gasteiger partial charge in [-0.3, -0.25) is 24.2 Å². The average Bonchev–Trinajstić information content (AvgIpc) is 2.87. The van der Waals surface area contributed by atoms with E-state index in [0.29, 0.717) is 30.4 Å². The summed E-state index contributed by atoms with van der Waals surface area (Å²) in [5, 5.41) is 12.6. The van der Waals surface area contributed by atoms with Crippen LogP contribution in [0.25, 0.3) is 11.0 Å². The molecular weight excluding hydrogens is 348 g/mol. The molecule has 0 aliphatic carbocycles. The number of aryl methyl sites for hydroxylation is 3. The molecular formula is C19H26N4O4. The van der Waals surface area contributed by atoms with E-state index in [9.17, 15) is 19.5 Å². The van der Waals surface area contributed by atoms with Gasteiger partial charge in [-0.1, -0.05) is 6.92 Å². The summed E-state index contributed by atoms with van der Waals surface area (Å²) in [5.74, 6) is -1.21. The van der Waals surface area contributed by atoms with E-state index in [1.807, 2.05) is 20.8 Å². The zero-order valence-electron chi connectivity index (χ0n) is 16.2. The summed E-state index contributed by atoms with van der Waals surface area (Å²) < 4.78 is 1.60. The molecule has 0 aromatic carbocycles. The number of rotatable bonds is 4. The molecule has 2 N–H and O–H groups in total. The smallest absolute Gasteiger partial charge is 0.308 e. The van der Waals surface area contributed by atoms with Gasteiger partial charge in [-0.05, 0) is 43.7 Å². The molecule has 2 aromatic rings. The lowest BCUT2D eigenvalue weighted by Crippen LogP contribution is -2.45. The zero-order valence-corrected chi connectivity index (χ0v) is 16.2. The highest BCUT2D eigenvalue weighted by Crippen LogP contribution is 2.24. The Balaban J connectivity index is 1.78. The first kappa shape index (κ1) is 19.1. The Kier molecular flexibility index (Phi) is 5.08. The first-order valence-corrected chi connectivity index (χ1v) is 9.24. The Morgan fingerprint density at radius 2 is 2.00 bits per heavy atom. The van der Waals surface area contributed by atoms with Crippen molar-refractivity contribution in [3.05, 3.63) is 27.2 Å². The van der Waals surface area contributed by atoms with E-state index in [-0.39, 0.29) is 30.3 Å². The lowest BCUT2D eigenvalue weighted by atomic mass is 9.90. The Morgan fingerprint density at radius 3 is 2.67 bits per heavy atom. The molecule has 2 aromatic heterocycles. The van der Waals surface area contributed by atoms with Crippen LogP contribution in [0.2, 0.25) is 0 Å². The molecule has 1 aliphatic rings. The van der Waals surface area contributed by atoms with Crippen LogP contribution in [-0.2, 0) is 23.1 Å². The number of hydrogen-bond donors (Lipinski definition) is 2. The number of amides is 1. The third-order valence-electron chi connectivity index (χ3n) is 5.53. The molecule has 27 heavy (non-hydrogen) atoms. The van der Waals surface area contributed by atoms with E-state index in [1.54, 1.807) is 16.6 Å². The highest BCUT2D eigenvalue weighted by Gasteiger charge is 2.31. The first-order valence-electron chi connectivity index (χ1n) is 9.24. The minimum Gasteiger partial charge on any atom is -0.481 e. The topological polar surface area (TPSA) is 108 Å². The van der Waals surface area contributed by atoms with Gasteiger partial charge in [0, 0.05) is 32.3 Å². The number of nitrogens with one attached hydrogen (secondary N) is 1. The van der Waals surface area contributed by atoms with Crippen molar-refractivity contribution in [3.63, 3.8) is 0 Å². The van der Waals surface area contributed by atoms with E-state index in [4.69, 9.17) is 0 Å². The summed E-state index contributed by atoms with van der Waals surface area (Å²) in [6, 6.07) is 0. The molecule has 3 heterocycles. The van der Waals surface area contributed by atoms with Gasteiger partial charge in [-0.2, -0.15) is 0 Å². The number of H-pyrrole nitrogens is 1. The Hall–Kier alpha value is -2.64. The number of carboxylic acids is 1. The number of fused-ring (bicyclic) bond motifs is 1. The van der Waals surface area contributed by atoms with Crippen LogP contribution in [0.1, 0.15) is 36.6 Å². The zero-order chi connectivity index (χ0) is 19.9. The number of hydrogen-bond acceptors (Lipinski definition) is 4. The molecule has 2 unspecified atom stereocenters. The molecule has 1 saturated heterocycles. The lowest BCUT2D eigenvalue weighted by Gasteiger charge is -2.34. The molecule has 3 rings (SSSR count). The fourth-order valence-electron chi connectivity index (χ4n) is 4.14. The molecule has 1 aliphatic heterocycles. The van der Waals surface area contributed by atoms with Crippen LogP contribution < -0.4 is 5.56 Å². The van der Waals surface area contributed by atoms with Crippen LogP contribution in [0.15, 0.2) is 4.79 Å². The number of nitrogens with zero attached hydrogens (tertiary/aromatic N) is 3. The quantitative estimate of drug-likeness (QED) is 0.840. The molecule has 0 bridgehead atoms. The minimum atomic E-state index is -0.844.